The molecule has 118 valence electrons. The van der Waals surface area contributed by atoms with Crippen LogP contribution in [0.25, 0.3) is 0 Å². The summed E-state index contributed by atoms with van der Waals surface area (Å²) in [6, 6.07) is 3.35. The molecule has 0 saturated heterocycles. The van der Waals surface area contributed by atoms with Gasteiger partial charge in [-0.1, -0.05) is 6.42 Å². The van der Waals surface area contributed by atoms with Crippen molar-refractivity contribution in [2.75, 3.05) is 5.75 Å². The van der Waals surface area contributed by atoms with E-state index >= 15 is 0 Å². The molecule has 0 fully saturated rings. The molecule has 0 aliphatic carbocycles. The van der Waals surface area contributed by atoms with Crippen LogP contribution in [0.2, 0.25) is 0 Å². The van der Waals surface area contributed by atoms with Crippen molar-refractivity contribution in [2.24, 2.45) is 0 Å². The number of hydrogen-bond acceptors (Lipinski definition) is 3. The maximum atomic E-state index is 12.4. The third-order valence-corrected chi connectivity index (χ3v) is 4.66. The highest BCUT2D eigenvalue weighted by molar-refractivity contribution is 7.91. The summed E-state index contributed by atoms with van der Waals surface area (Å²) in [5.74, 6) is -1.15. The molecule has 0 spiro atoms. The van der Waals surface area contributed by atoms with Crippen LogP contribution in [-0.2, 0) is 20.8 Å². The van der Waals surface area contributed by atoms with E-state index in [-0.39, 0.29) is 23.5 Å². The van der Waals surface area contributed by atoms with E-state index in [4.69, 9.17) is 5.11 Å². The Morgan fingerprint density at radius 2 is 1.62 bits per heavy atom. The molecule has 1 N–H and O–H groups in total. The Kier molecular flexibility index (Phi) is 5.77. The van der Waals surface area contributed by atoms with E-state index in [0.29, 0.717) is 12.8 Å². The number of sulfone groups is 1. The van der Waals surface area contributed by atoms with Crippen molar-refractivity contribution in [1.29, 1.82) is 0 Å². The minimum Gasteiger partial charge on any atom is -0.481 e. The zero-order valence-corrected chi connectivity index (χ0v) is 11.9. The SMILES string of the molecule is O=C(O)CCCCCS(=O)(=O)c1ccc(C(F)(F)F)cc1. The molecule has 1 aromatic carbocycles. The van der Waals surface area contributed by atoms with Crippen LogP contribution in [0, 0.1) is 0 Å². The van der Waals surface area contributed by atoms with Crippen LogP contribution in [0.4, 0.5) is 13.2 Å². The topological polar surface area (TPSA) is 71.4 Å². The summed E-state index contributed by atoms with van der Waals surface area (Å²) in [5.41, 5.74) is -0.900. The summed E-state index contributed by atoms with van der Waals surface area (Å²) in [5, 5.41) is 8.43. The smallest absolute Gasteiger partial charge is 0.416 e. The Bertz CT molecular complexity index is 576. The Morgan fingerprint density at radius 1 is 1.05 bits per heavy atom. The van der Waals surface area contributed by atoms with Gasteiger partial charge in [0.1, 0.15) is 0 Å². The first-order valence-corrected chi connectivity index (χ1v) is 7.90. The lowest BCUT2D eigenvalue weighted by molar-refractivity contribution is -0.138. The van der Waals surface area contributed by atoms with Gasteiger partial charge in [0, 0.05) is 6.42 Å². The van der Waals surface area contributed by atoms with E-state index < -0.39 is 27.5 Å². The van der Waals surface area contributed by atoms with Gasteiger partial charge < -0.3 is 5.11 Å². The van der Waals surface area contributed by atoms with E-state index in [2.05, 4.69) is 0 Å². The minimum absolute atomic E-state index is 0.0275. The monoisotopic (exact) mass is 324 g/mol. The summed E-state index contributed by atoms with van der Waals surface area (Å²) in [4.78, 5) is 10.1. The molecular weight excluding hydrogens is 309 g/mol. The highest BCUT2D eigenvalue weighted by atomic mass is 32.2. The summed E-state index contributed by atoms with van der Waals surface area (Å²) in [7, 11) is -3.64. The summed E-state index contributed by atoms with van der Waals surface area (Å²) >= 11 is 0. The quantitative estimate of drug-likeness (QED) is 0.782. The molecule has 0 radical (unpaired) electrons. The van der Waals surface area contributed by atoms with Crippen LogP contribution >= 0.6 is 0 Å². The predicted octanol–water partition coefficient (Wildman–Crippen LogP) is 3.12. The molecule has 0 aromatic heterocycles. The van der Waals surface area contributed by atoms with Gasteiger partial charge in [0.25, 0.3) is 0 Å². The number of unbranched alkanes of at least 4 members (excludes halogenated alkanes) is 2. The zero-order valence-electron chi connectivity index (χ0n) is 11.1. The van der Waals surface area contributed by atoms with Crippen LogP contribution < -0.4 is 0 Å². The summed E-state index contributed by atoms with van der Waals surface area (Å²) < 4.78 is 60.9. The van der Waals surface area contributed by atoms with Crippen molar-refractivity contribution in [2.45, 2.75) is 36.8 Å². The van der Waals surface area contributed by atoms with Crippen molar-refractivity contribution in [3.8, 4) is 0 Å². The number of alkyl halides is 3. The molecule has 0 saturated carbocycles. The lowest BCUT2D eigenvalue weighted by Crippen LogP contribution is -2.09. The van der Waals surface area contributed by atoms with Gasteiger partial charge >= 0.3 is 12.1 Å². The van der Waals surface area contributed by atoms with Gasteiger partial charge in [0.05, 0.1) is 16.2 Å². The van der Waals surface area contributed by atoms with E-state index in [1.807, 2.05) is 0 Å². The minimum atomic E-state index is -4.50. The van der Waals surface area contributed by atoms with Crippen molar-refractivity contribution in [1.82, 2.24) is 0 Å². The first kappa shape index (κ1) is 17.5. The summed E-state index contributed by atoms with van der Waals surface area (Å²) in [6.07, 6.45) is -3.44. The number of carbonyl (C=O) groups is 1. The molecule has 21 heavy (non-hydrogen) atoms. The number of rotatable bonds is 7. The Morgan fingerprint density at radius 3 is 2.10 bits per heavy atom. The molecule has 0 aliphatic heterocycles. The molecule has 1 aromatic rings. The second-order valence-electron chi connectivity index (χ2n) is 4.55. The third kappa shape index (κ3) is 5.74. The van der Waals surface area contributed by atoms with Crippen LogP contribution in [0.3, 0.4) is 0 Å². The zero-order chi connectivity index (χ0) is 16.1. The number of hydrogen-bond donors (Lipinski definition) is 1. The van der Waals surface area contributed by atoms with Crippen LogP contribution in [0.1, 0.15) is 31.2 Å². The number of benzene rings is 1. The molecule has 1 rings (SSSR count). The molecule has 0 bridgehead atoms. The predicted molar refractivity (Wildman–Crippen MR) is 69.6 cm³/mol. The second kappa shape index (κ2) is 6.93. The van der Waals surface area contributed by atoms with Crippen molar-refractivity contribution in [3.63, 3.8) is 0 Å². The molecule has 8 heteroatoms. The summed E-state index contributed by atoms with van der Waals surface area (Å²) in [6.45, 7) is 0. The average molecular weight is 324 g/mol. The normalized spacial score (nSPS) is 12.3. The van der Waals surface area contributed by atoms with Gasteiger partial charge in [0.15, 0.2) is 9.84 Å². The van der Waals surface area contributed by atoms with Crippen LogP contribution in [-0.4, -0.2) is 25.2 Å². The average Bonchev–Trinajstić information content (AvgIpc) is 2.37. The van der Waals surface area contributed by atoms with Crippen molar-refractivity contribution >= 4 is 15.8 Å². The standard InChI is InChI=1S/C13H15F3O4S/c14-13(15,16)10-5-7-11(8-6-10)21(19,20)9-3-1-2-4-12(17)18/h5-8H,1-4,9H2,(H,17,18). The molecule has 0 heterocycles. The Labute approximate surface area is 120 Å². The van der Waals surface area contributed by atoms with Crippen molar-refractivity contribution < 1.29 is 31.5 Å². The lowest BCUT2D eigenvalue weighted by atomic mass is 10.2. The van der Waals surface area contributed by atoms with Gasteiger partial charge in [-0.05, 0) is 37.1 Å². The van der Waals surface area contributed by atoms with Crippen LogP contribution in [0.5, 0.6) is 0 Å². The Hall–Kier alpha value is -1.57. The maximum Gasteiger partial charge on any atom is 0.416 e. The fourth-order valence-corrected chi connectivity index (χ4v) is 3.08. The highest BCUT2D eigenvalue weighted by Gasteiger charge is 2.30. The van der Waals surface area contributed by atoms with E-state index in [1.165, 1.54) is 0 Å². The largest absolute Gasteiger partial charge is 0.481 e. The molecule has 4 nitrogen and oxygen atoms in total. The van der Waals surface area contributed by atoms with Gasteiger partial charge in [0.2, 0.25) is 0 Å². The number of carboxylic acids is 1. The number of aliphatic carboxylic acids is 1. The van der Waals surface area contributed by atoms with Gasteiger partial charge in [-0.25, -0.2) is 8.42 Å². The van der Waals surface area contributed by atoms with Gasteiger partial charge in [-0.15, -0.1) is 0 Å². The molecule has 0 amide bonds. The number of halogens is 3. The van der Waals surface area contributed by atoms with E-state index in [1.54, 1.807) is 0 Å². The fraction of sp³-hybridized carbons (Fsp3) is 0.462. The first-order valence-electron chi connectivity index (χ1n) is 6.25. The second-order valence-corrected chi connectivity index (χ2v) is 6.65. The molecule has 0 atom stereocenters. The molecule has 0 aliphatic rings. The van der Waals surface area contributed by atoms with Crippen molar-refractivity contribution in [3.05, 3.63) is 29.8 Å². The molecular formula is C13H15F3O4S. The Balaban J connectivity index is 2.60. The van der Waals surface area contributed by atoms with E-state index in [9.17, 15) is 26.4 Å². The number of carboxylic acid groups (broad SMARTS) is 1. The molecule has 0 unspecified atom stereocenters. The van der Waals surface area contributed by atoms with E-state index in [0.717, 1.165) is 24.3 Å². The van der Waals surface area contributed by atoms with Gasteiger partial charge in [-0.3, -0.25) is 4.79 Å². The first-order chi connectivity index (χ1) is 9.63. The third-order valence-electron chi connectivity index (χ3n) is 2.84. The van der Waals surface area contributed by atoms with Crippen LogP contribution in [0.15, 0.2) is 29.2 Å². The highest BCUT2D eigenvalue weighted by Crippen LogP contribution is 2.29. The van der Waals surface area contributed by atoms with Gasteiger partial charge in [-0.2, -0.15) is 13.2 Å². The maximum absolute atomic E-state index is 12.4. The lowest BCUT2D eigenvalue weighted by Gasteiger charge is -2.08. The fourth-order valence-electron chi connectivity index (χ4n) is 1.71.